The molecule has 0 aliphatic carbocycles. The third-order valence-electron chi connectivity index (χ3n) is 7.49. The molecule has 2 aromatic carbocycles. The third-order valence-corrected chi connectivity index (χ3v) is 7.49. The fraction of sp³-hybridized carbons (Fsp3) is 0.345. The largest absolute Gasteiger partial charge is 0.337 e. The summed E-state index contributed by atoms with van der Waals surface area (Å²) in [5, 5.41) is 14.2. The minimum atomic E-state index is -0.00131. The lowest BCUT2D eigenvalue weighted by molar-refractivity contribution is -0.116. The van der Waals surface area contributed by atoms with Crippen molar-refractivity contribution in [2.75, 3.05) is 43.1 Å². The molecule has 40 heavy (non-hydrogen) atoms. The first-order valence-electron chi connectivity index (χ1n) is 13.7. The van der Waals surface area contributed by atoms with Crippen LogP contribution in [0.15, 0.2) is 54.7 Å². The van der Waals surface area contributed by atoms with Crippen molar-refractivity contribution in [3.63, 3.8) is 0 Å². The molecule has 2 amide bonds. The number of hydrogen-bond acceptors (Lipinski definition) is 8. The number of aryl methyl sites for hydroxylation is 1. The fourth-order valence-corrected chi connectivity index (χ4v) is 5.25. The Bertz CT molecular complexity index is 1560. The minimum Gasteiger partial charge on any atom is -0.337 e. The lowest BCUT2D eigenvalue weighted by Gasteiger charge is -2.20. The molecule has 0 spiro atoms. The number of nitrogens with one attached hydrogen (secondary N) is 3. The van der Waals surface area contributed by atoms with Crippen molar-refractivity contribution in [3.8, 4) is 0 Å². The second kappa shape index (κ2) is 10.9. The van der Waals surface area contributed by atoms with Gasteiger partial charge in [-0.2, -0.15) is 19.6 Å². The van der Waals surface area contributed by atoms with Gasteiger partial charge in [-0.25, -0.2) is 0 Å². The van der Waals surface area contributed by atoms with E-state index in [-0.39, 0.29) is 11.8 Å². The van der Waals surface area contributed by atoms with Gasteiger partial charge >= 0.3 is 0 Å². The van der Waals surface area contributed by atoms with Gasteiger partial charge in [0.05, 0.1) is 6.20 Å². The number of fused-ring (bicyclic) bond motifs is 3. The van der Waals surface area contributed by atoms with Crippen molar-refractivity contribution >= 4 is 46.4 Å². The van der Waals surface area contributed by atoms with Crippen LogP contribution in [-0.4, -0.2) is 74.4 Å². The Morgan fingerprint density at radius 2 is 1.82 bits per heavy atom. The first-order chi connectivity index (χ1) is 19.4. The smallest absolute Gasteiger partial charge is 0.253 e. The Morgan fingerprint density at radius 3 is 2.65 bits per heavy atom. The van der Waals surface area contributed by atoms with Crippen molar-refractivity contribution in [3.05, 3.63) is 65.9 Å². The highest BCUT2D eigenvalue weighted by Gasteiger charge is 2.28. The van der Waals surface area contributed by atoms with Crippen LogP contribution in [0.5, 0.6) is 0 Å². The molecule has 2 aliphatic rings. The van der Waals surface area contributed by atoms with E-state index in [2.05, 4.69) is 40.0 Å². The maximum atomic E-state index is 13.3. The van der Waals surface area contributed by atoms with Crippen LogP contribution in [0.4, 0.5) is 29.0 Å². The summed E-state index contributed by atoms with van der Waals surface area (Å²) >= 11 is 0. The number of carbonyl (C=O) groups excluding carboxylic acids is 2. The standard InChI is InChI=1S/C29H33N9O2/c1-36(2)24-13-14-37(18-24)27(40)19-8-5-9-21(15-19)33-29-35-28-32-23-11-6-10-22(16-23)31-25(39)12-4-3-7-20-17-30-38(29)26(20)34-28/h5-6,8-11,15-17,24H,3-4,7,12-14,18H2,1-2H3,(H,31,39)(H2,32,33,34,35). The normalized spacial score (nSPS) is 17.5. The summed E-state index contributed by atoms with van der Waals surface area (Å²) in [6.45, 7) is 1.48. The topological polar surface area (TPSA) is 120 Å². The molecule has 4 heterocycles. The molecule has 1 fully saturated rings. The number of likely N-dealkylation sites (N-methyl/N-ethyl adjacent to an activating group) is 1. The maximum Gasteiger partial charge on any atom is 0.253 e. The quantitative estimate of drug-likeness (QED) is 0.355. The summed E-state index contributed by atoms with van der Waals surface area (Å²) in [5.74, 6) is 0.904. The molecule has 206 valence electrons. The lowest BCUT2D eigenvalue weighted by atomic mass is 10.1. The summed E-state index contributed by atoms with van der Waals surface area (Å²) in [7, 11) is 4.11. The van der Waals surface area contributed by atoms with Crippen molar-refractivity contribution in [2.45, 2.75) is 38.1 Å². The second-order valence-electron chi connectivity index (χ2n) is 10.6. The maximum absolute atomic E-state index is 13.3. The van der Waals surface area contributed by atoms with Crippen LogP contribution in [0, 0.1) is 0 Å². The number of rotatable bonds is 4. The molecule has 4 bridgehead atoms. The van der Waals surface area contributed by atoms with Crippen LogP contribution in [0.1, 0.15) is 41.6 Å². The highest BCUT2D eigenvalue weighted by molar-refractivity contribution is 5.95. The van der Waals surface area contributed by atoms with Gasteiger partial charge in [0.1, 0.15) is 0 Å². The number of carbonyl (C=O) groups is 2. The summed E-state index contributed by atoms with van der Waals surface area (Å²) in [6.07, 6.45) is 5.57. The van der Waals surface area contributed by atoms with Gasteiger partial charge in [0.15, 0.2) is 5.65 Å². The average molecular weight is 540 g/mol. The van der Waals surface area contributed by atoms with Crippen LogP contribution in [0.25, 0.3) is 5.65 Å². The molecular weight excluding hydrogens is 506 g/mol. The van der Waals surface area contributed by atoms with Crippen LogP contribution < -0.4 is 16.0 Å². The van der Waals surface area contributed by atoms with E-state index < -0.39 is 0 Å². The average Bonchev–Trinajstić information content (AvgIpc) is 3.59. The van der Waals surface area contributed by atoms with Crippen LogP contribution in [-0.2, 0) is 11.2 Å². The molecule has 0 radical (unpaired) electrons. The van der Waals surface area contributed by atoms with Gasteiger partial charge in [-0.1, -0.05) is 12.1 Å². The van der Waals surface area contributed by atoms with Crippen molar-refractivity contribution in [2.24, 2.45) is 0 Å². The zero-order valence-corrected chi connectivity index (χ0v) is 22.7. The van der Waals surface area contributed by atoms with Crippen molar-refractivity contribution in [1.82, 2.24) is 29.4 Å². The second-order valence-corrected chi connectivity index (χ2v) is 10.6. The molecule has 2 aliphatic heterocycles. The van der Waals surface area contributed by atoms with Gasteiger partial charge < -0.3 is 25.8 Å². The third kappa shape index (κ3) is 5.46. The van der Waals surface area contributed by atoms with E-state index in [1.165, 1.54) is 0 Å². The molecule has 6 rings (SSSR count). The van der Waals surface area contributed by atoms with Crippen LogP contribution in [0.3, 0.4) is 0 Å². The number of hydrogen-bond donors (Lipinski definition) is 3. The highest BCUT2D eigenvalue weighted by atomic mass is 16.2. The van der Waals surface area contributed by atoms with Crippen LogP contribution >= 0.6 is 0 Å². The van der Waals surface area contributed by atoms with Gasteiger partial charge in [0.25, 0.3) is 5.91 Å². The number of nitrogens with zero attached hydrogens (tertiary/aromatic N) is 6. The van der Waals surface area contributed by atoms with Crippen LogP contribution in [0.2, 0.25) is 0 Å². The first-order valence-corrected chi connectivity index (χ1v) is 13.7. The summed E-state index contributed by atoms with van der Waals surface area (Å²) in [5.41, 5.74) is 4.50. The Kier molecular flexibility index (Phi) is 7.04. The van der Waals surface area contributed by atoms with E-state index in [1.54, 1.807) is 10.7 Å². The van der Waals surface area contributed by atoms with Gasteiger partial charge in [-0.05, 0) is 76.2 Å². The molecule has 4 aromatic rings. The number of likely N-dealkylation sites (tertiary alicyclic amines) is 1. The van der Waals surface area contributed by atoms with E-state index >= 15 is 0 Å². The van der Waals surface area contributed by atoms with E-state index in [0.717, 1.165) is 55.7 Å². The monoisotopic (exact) mass is 539 g/mol. The highest BCUT2D eigenvalue weighted by Crippen LogP contribution is 2.25. The first kappa shape index (κ1) is 25.8. The zero-order valence-electron chi connectivity index (χ0n) is 22.7. The number of benzene rings is 2. The van der Waals surface area contributed by atoms with Crippen molar-refractivity contribution in [1.29, 1.82) is 0 Å². The number of amides is 2. The molecular formula is C29H33N9O2. The molecule has 1 unspecified atom stereocenters. The van der Waals surface area contributed by atoms with Gasteiger partial charge in [-0.15, -0.1) is 0 Å². The molecule has 1 saturated heterocycles. The van der Waals surface area contributed by atoms with Crippen molar-refractivity contribution < 1.29 is 9.59 Å². The van der Waals surface area contributed by atoms with E-state index in [0.29, 0.717) is 41.3 Å². The number of aromatic nitrogens is 4. The lowest BCUT2D eigenvalue weighted by Crippen LogP contribution is -2.34. The van der Waals surface area contributed by atoms with E-state index in [9.17, 15) is 9.59 Å². The van der Waals surface area contributed by atoms with Gasteiger partial charge in [0.2, 0.25) is 17.8 Å². The Labute approximate surface area is 232 Å². The Balaban J connectivity index is 1.31. The molecule has 11 nitrogen and oxygen atoms in total. The molecule has 11 heteroatoms. The number of anilines is 5. The molecule has 2 aromatic heterocycles. The summed E-state index contributed by atoms with van der Waals surface area (Å²) in [6, 6.07) is 15.4. The summed E-state index contributed by atoms with van der Waals surface area (Å²) < 4.78 is 1.69. The molecule has 3 N–H and O–H groups in total. The van der Waals surface area contributed by atoms with E-state index in [4.69, 9.17) is 9.97 Å². The Morgan fingerprint density at radius 1 is 1.02 bits per heavy atom. The fourth-order valence-electron chi connectivity index (χ4n) is 5.25. The van der Waals surface area contributed by atoms with Gasteiger partial charge in [-0.3, -0.25) is 9.59 Å². The van der Waals surface area contributed by atoms with E-state index in [1.807, 2.05) is 53.4 Å². The summed E-state index contributed by atoms with van der Waals surface area (Å²) in [4.78, 5) is 39.2. The molecule has 1 atom stereocenters. The van der Waals surface area contributed by atoms with Gasteiger partial charge in [0, 0.05) is 53.7 Å². The predicted molar refractivity (Wildman–Crippen MR) is 154 cm³/mol. The Hall–Kier alpha value is -4.51. The SMILES string of the molecule is CN(C)C1CCN(C(=O)c2cccc(Nc3nc4nc5c(cnn35)CCCCC(=O)Nc3cccc(c3)N4)c2)C1. The zero-order chi connectivity index (χ0) is 27.6. The predicted octanol–water partition coefficient (Wildman–Crippen LogP) is 4.05. The molecule has 0 saturated carbocycles. The minimum absolute atomic E-state index is 0.00131.